The molecule has 0 bridgehead atoms. The van der Waals surface area contributed by atoms with Gasteiger partial charge in [-0.2, -0.15) is 9.65 Å². The number of benzene rings is 1. The SMILES string of the molecule is COc1ncc(-n2c(-c3ccc(C#N)c(F)c3)nc(C(=O)N3CCC[C@H](N)C3)c2F)cc1F. The summed E-state index contributed by atoms with van der Waals surface area (Å²) in [5, 5.41) is 8.99. The van der Waals surface area contributed by atoms with Crippen LogP contribution in [0, 0.1) is 28.9 Å². The summed E-state index contributed by atoms with van der Waals surface area (Å²) in [7, 11) is 1.23. The van der Waals surface area contributed by atoms with Crippen LogP contribution in [0.15, 0.2) is 30.5 Å². The topological polar surface area (TPSA) is 110 Å². The number of rotatable bonds is 4. The maximum atomic E-state index is 15.6. The molecule has 0 radical (unpaired) electrons. The van der Waals surface area contributed by atoms with Gasteiger partial charge in [0.15, 0.2) is 11.5 Å². The Balaban J connectivity index is 1.88. The van der Waals surface area contributed by atoms with Gasteiger partial charge >= 0.3 is 0 Å². The number of methoxy groups -OCH3 is 1. The number of carbonyl (C=O) groups excluding carboxylic acids is 1. The Kier molecular flexibility index (Phi) is 6.02. The molecule has 1 fully saturated rings. The van der Waals surface area contributed by atoms with Crippen molar-refractivity contribution in [3.63, 3.8) is 0 Å². The highest BCUT2D eigenvalue weighted by atomic mass is 19.1. The first-order valence-electron chi connectivity index (χ1n) is 10.1. The zero-order valence-corrected chi connectivity index (χ0v) is 17.6. The van der Waals surface area contributed by atoms with E-state index >= 15 is 4.39 Å². The Morgan fingerprint density at radius 2 is 2.06 bits per heavy atom. The lowest BCUT2D eigenvalue weighted by Gasteiger charge is -2.30. The molecule has 3 heterocycles. The van der Waals surface area contributed by atoms with Crippen LogP contribution in [0.2, 0.25) is 0 Å². The van der Waals surface area contributed by atoms with Crippen LogP contribution in [0.4, 0.5) is 13.2 Å². The van der Waals surface area contributed by atoms with Gasteiger partial charge in [0, 0.05) is 30.8 Å². The molecule has 170 valence electrons. The number of nitriles is 1. The van der Waals surface area contributed by atoms with Crippen molar-refractivity contribution in [2.45, 2.75) is 18.9 Å². The molecule has 0 unspecified atom stereocenters. The lowest BCUT2D eigenvalue weighted by atomic mass is 10.1. The highest BCUT2D eigenvalue weighted by Gasteiger charge is 2.31. The van der Waals surface area contributed by atoms with Gasteiger partial charge < -0.3 is 15.4 Å². The third-order valence-corrected chi connectivity index (χ3v) is 5.36. The van der Waals surface area contributed by atoms with Gasteiger partial charge in [0.2, 0.25) is 11.8 Å². The van der Waals surface area contributed by atoms with Crippen LogP contribution in [0.3, 0.4) is 0 Å². The number of nitrogens with two attached hydrogens (primary N) is 1. The molecule has 8 nitrogen and oxygen atoms in total. The van der Waals surface area contributed by atoms with E-state index in [-0.39, 0.29) is 41.1 Å². The summed E-state index contributed by atoms with van der Waals surface area (Å²) in [4.78, 5) is 22.4. The average Bonchev–Trinajstić information content (AvgIpc) is 3.15. The third-order valence-electron chi connectivity index (χ3n) is 5.36. The largest absolute Gasteiger partial charge is 0.479 e. The van der Waals surface area contributed by atoms with Crippen molar-refractivity contribution in [1.82, 2.24) is 19.4 Å². The van der Waals surface area contributed by atoms with Gasteiger partial charge in [-0.25, -0.2) is 18.7 Å². The second kappa shape index (κ2) is 8.91. The molecule has 4 rings (SSSR count). The number of nitrogens with zero attached hydrogens (tertiary/aromatic N) is 5. The number of halogens is 3. The summed E-state index contributed by atoms with van der Waals surface area (Å²) in [5.41, 5.74) is 5.20. The summed E-state index contributed by atoms with van der Waals surface area (Å²) in [6.07, 6.45) is 2.55. The number of hydrogen-bond donors (Lipinski definition) is 1. The lowest BCUT2D eigenvalue weighted by Crippen LogP contribution is -2.46. The highest BCUT2D eigenvalue weighted by Crippen LogP contribution is 2.29. The van der Waals surface area contributed by atoms with E-state index in [0.717, 1.165) is 29.3 Å². The average molecular weight is 456 g/mol. The minimum Gasteiger partial charge on any atom is -0.479 e. The van der Waals surface area contributed by atoms with Crippen molar-refractivity contribution in [2.75, 3.05) is 20.2 Å². The van der Waals surface area contributed by atoms with E-state index in [1.807, 2.05) is 0 Å². The van der Waals surface area contributed by atoms with Crippen LogP contribution in [0.5, 0.6) is 5.88 Å². The predicted molar refractivity (Wildman–Crippen MR) is 111 cm³/mol. The molecule has 2 N–H and O–H groups in total. The molecule has 0 spiro atoms. The number of pyridine rings is 1. The third kappa shape index (κ3) is 4.12. The molecule has 11 heteroatoms. The fraction of sp³-hybridized carbons (Fsp3) is 0.273. The second-order valence-corrected chi connectivity index (χ2v) is 7.55. The molecule has 33 heavy (non-hydrogen) atoms. The van der Waals surface area contributed by atoms with Crippen LogP contribution in [0.25, 0.3) is 17.1 Å². The molecule has 0 aliphatic carbocycles. The number of piperidine rings is 1. The van der Waals surface area contributed by atoms with Crippen LogP contribution in [-0.4, -0.2) is 51.6 Å². The van der Waals surface area contributed by atoms with Gasteiger partial charge in [-0.05, 0) is 31.0 Å². The van der Waals surface area contributed by atoms with E-state index in [9.17, 15) is 13.6 Å². The van der Waals surface area contributed by atoms with Crippen LogP contribution >= 0.6 is 0 Å². The molecule has 1 aliphatic heterocycles. The van der Waals surface area contributed by atoms with E-state index in [2.05, 4.69) is 9.97 Å². The summed E-state index contributed by atoms with van der Waals surface area (Å²) in [6, 6.07) is 5.99. The van der Waals surface area contributed by atoms with E-state index in [1.165, 1.54) is 24.1 Å². The van der Waals surface area contributed by atoms with Crippen molar-refractivity contribution >= 4 is 5.91 Å². The van der Waals surface area contributed by atoms with Crippen LogP contribution in [0.1, 0.15) is 28.9 Å². The Morgan fingerprint density at radius 3 is 2.70 bits per heavy atom. The van der Waals surface area contributed by atoms with Gasteiger partial charge in [-0.1, -0.05) is 0 Å². The molecule has 2 aromatic heterocycles. The zero-order valence-electron chi connectivity index (χ0n) is 17.6. The molecule has 0 saturated carbocycles. The molecule has 3 aromatic rings. The fourth-order valence-corrected chi connectivity index (χ4v) is 3.74. The maximum Gasteiger partial charge on any atom is 0.277 e. The number of imidazole rings is 1. The van der Waals surface area contributed by atoms with Crippen molar-refractivity contribution in [1.29, 1.82) is 5.26 Å². The molecule has 1 amide bonds. The fourth-order valence-electron chi connectivity index (χ4n) is 3.74. The number of hydrogen-bond acceptors (Lipinski definition) is 6. The molecular formula is C22H19F3N6O2. The summed E-state index contributed by atoms with van der Waals surface area (Å²) < 4.78 is 49.9. The summed E-state index contributed by atoms with van der Waals surface area (Å²) >= 11 is 0. The Labute approximate surface area is 187 Å². The molecular weight excluding hydrogens is 437 g/mol. The standard InChI is InChI=1S/C22H19F3N6O2/c1-33-21-17(24)8-15(10-28-21)31-19(25)18(22(32)30-6-2-3-14(27)11-30)29-20(31)12-4-5-13(9-26)16(23)7-12/h4-5,7-8,10,14H,2-3,6,11,27H2,1H3/t14-/m0/s1. The Bertz CT molecular complexity index is 1270. The maximum absolute atomic E-state index is 15.6. The number of amides is 1. The first-order chi connectivity index (χ1) is 15.8. The van der Waals surface area contributed by atoms with Crippen LogP contribution < -0.4 is 10.5 Å². The first-order valence-corrected chi connectivity index (χ1v) is 10.1. The number of carbonyl (C=O) groups is 1. The first kappa shape index (κ1) is 22.3. The predicted octanol–water partition coefficient (Wildman–Crippen LogP) is 2.80. The van der Waals surface area contributed by atoms with Gasteiger partial charge in [-0.15, -0.1) is 0 Å². The summed E-state index contributed by atoms with van der Waals surface area (Å²) in [6.45, 7) is 0.628. The Morgan fingerprint density at radius 1 is 1.27 bits per heavy atom. The van der Waals surface area contributed by atoms with Gasteiger partial charge in [0.1, 0.15) is 17.7 Å². The van der Waals surface area contributed by atoms with Crippen molar-refractivity contribution in [3.05, 3.63) is 59.3 Å². The summed E-state index contributed by atoms with van der Waals surface area (Å²) in [5.74, 6) is -3.92. The van der Waals surface area contributed by atoms with Gasteiger partial charge in [0.05, 0.1) is 24.6 Å². The molecule has 1 saturated heterocycles. The zero-order chi connectivity index (χ0) is 23.7. The lowest BCUT2D eigenvalue weighted by molar-refractivity contribution is 0.0698. The van der Waals surface area contributed by atoms with Gasteiger partial charge in [0.25, 0.3) is 5.91 Å². The molecule has 1 aromatic carbocycles. The van der Waals surface area contributed by atoms with E-state index in [1.54, 1.807) is 6.07 Å². The van der Waals surface area contributed by atoms with E-state index in [0.29, 0.717) is 13.0 Å². The number of likely N-dealkylation sites (tertiary alicyclic amines) is 1. The Hall–Kier alpha value is -3.91. The minimum atomic E-state index is -1.06. The molecule has 1 atom stereocenters. The minimum absolute atomic E-state index is 0.0796. The van der Waals surface area contributed by atoms with Gasteiger partial charge in [-0.3, -0.25) is 9.36 Å². The second-order valence-electron chi connectivity index (χ2n) is 7.55. The van der Waals surface area contributed by atoms with Crippen molar-refractivity contribution in [3.8, 4) is 29.0 Å². The van der Waals surface area contributed by atoms with E-state index < -0.39 is 29.2 Å². The van der Waals surface area contributed by atoms with E-state index in [4.69, 9.17) is 15.7 Å². The van der Waals surface area contributed by atoms with Crippen molar-refractivity contribution < 1.29 is 22.7 Å². The quantitative estimate of drug-likeness (QED) is 0.647. The monoisotopic (exact) mass is 456 g/mol. The number of aromatic nitrogens is 3. The normalized spacial score (nSPS) is 15.9. The highest BCUT2D eigenvalue weighted by molar-refractivity contribution is 5.93. The van der Waals surface area contributed by atoms with Crippen molar-refractivity contribution in [2.24, 2.45) is 5.73 Å². The smallest absolute Gasteiger partial charge is 0.277 e. The number of ether oxygens (including phenoxy) is 1. The molecule has 1 aliphatic rings. The van der Waals surface area contributed by atoms with Crippen LogP contribution in [-0.2, 0) is 0 Å².